The maximum absolute atomic E-state index is 6.47. The zero-order valence-corrected chi connectivity index (χ0v) is 17.1. The zero-order chi connectivity index (χ0) is 20.2. The van der Waals surface area contributed by atoms with Gasteiger partial charge >= 0.3 is 0 Å². The number of imidazole rings is 1. The highest BCUT2D eigenvalue weighted by molar-refractivity contribution is 5.94. The van der Waals surface area contributed by atoms with Crippen molar-refractivity contribution in [2.24, 2.45) is 17.1 Å². The molecule has 0 saturated carbocycles. The van der Waals surface area contributed by atoms with E-state index in [1.165, 1.54) is 0 Å². The highest BCUT2D eigenvalue weighted by Crippen LogP contribution is 2.42. The van der Waals surface area contributed by atoms with Gasteiger partial charge in [0, 0.05) is 42.9 Å². The molecule has 0 aliphatic carbocycles. The molecule has 2 aliphatic rings. The lowest BCUT2D eigenvalue weighted by atomic mass is 9.73. The average molecular weight is 393 g/mol. The van der Waals surface area contributed by atoms with Gasteiger partial charge in [0.25, 0.3) is 0 Å². The molecule has 152 valence electrons. The summed E-state index contributed by atoms with van der Waals surface area (Å²) in [6.45, 7) is 8.75. The first-order valence-corrected chi connectivity index (χ1v) is 10.3. The number of aromatic nitrogens is 5. The van der Waals surface area contributed by atoms with Crippen LogP contribution in [0.1, 0.15) is 39.3 Å². The summed E-state index contributed by atoms with van der Waals surface area (Å²) in [4.78, 5) is 11.8. The van der Waals surface area contributed by atoms with Crippen LogP contribution in [0.4, 0.5) is 5.95 Å². The van der Waals surface area contributed by atoms with Crippen molar-refractivity contribution >= 4 is 22.6 Å². The molecule has 0 unspecified atom stereocenters. The number of anilines is 1. The summed E-state index contributed by atoms with van der Waals surface area (Å²) in [6, 6.07) is 0.100. The first kappa shape index (κ1) is 18.4. The predicted molar refractivity (Wildman–Crippen MR) is 112 cm³/mol. The van der Waals surface area contributed by atoms with E-state index in [9.17, 15) is 0 Å². The molecule has 2 atom stereocenters. The Labute approximate surface area is 169 Å². The Balaban J connectivity index is 1.50. The fraction of sp³-hybridized carbons (Fsp3) is 0.571. The fourth-order valence-electron chi connectivity index (χ4n) is 4.58. The molecule has 0 bridgehead atoms. The third-order valence-corrected chi connectivity index (χ3v) is 6.41. The minimum absolute atomic E-state index is 0.0850. The van der Waals surface area contributed by atoms with Crippen LogP contribution in [0.15, 0.2) is 12.4 Å². The van der Waals surface area contributed by atoms with E-state index in [1.807, 2.05) is 10.6 Å². The van der Waals surface area contributed by atoms with Gasteiger partial charge in [0.1, 0.15) is 5.69 Å². The average Bonchev–Trinajstić information content (AvgIpc) is 3.41. The summed E-state index contributed by atoms with van der Waals surface area (Å²) in [5.41, 5.74) is 8.81. The van der Waals surface area contributed by atoms with Crippen molar-refractivity contribution in [2.75, 3.05) is 24.6 Å². The van der Waals surface area contributed by atoms with Crippen molar-refractivity contribution in [3.8, 4) is 11.8 Å². The van der Waals surface area contributed by atoms with Gasteiger partial charge in [0.15, 0.2) is 11.3 Å². The maximum atomic E-state index is 6.47. The number of aromatic amines is 1. The first-order chi connectivity index (χ1) is 14.0. The molecule has 3 N–H and O–H groups in total. The van der Waals surface area contributed by atoms with Gasteiger partial charge in [-0.1, -0.05) is 19.8 Å². The molecule has 29 heavy (non-hydrogen) atoms. The molecule has 5 rings (SSSR count). The fourth-order valence-corrected chi connectivity index (χ4v) is 4.58. The molecular weight excluding hydrogens is 366 g/mol. The van der Waals surface area contributed by atoms with E-state index >= 15 is 0 Å². The molecule has 8 nitrogen and oxygen atoms in total. The number of ether oxygens (including phenoxy) is 1. The van der Waals surface area contributed by atoms with Gasteiger partial charge in [0.05, 0.1) is 18.1 Å². The molecule has 2 aliphatic heterocycles. The first-order valence-electron chi connectivity index (χ1n) is 10.3. The number of H-pyrrole nitrogens is 1. The SMILES string of the molecule is CC(C)C#Cc1n[nH]c2nc(N3CCC4(CC3)CO[C@@H](C)[C@H]4N)n3ccnc3c12. The number of nitrogens with zero attached hydrogens (tertiary/aromatic N) is 5. The summed E-state index contributed by atoms with van der Waals surface area (Å²) in [6.07, 6.45) is 5.90. The van der Waals surface area contributed by atoms with Crippen LogP contribution >= 0.6 is 0 Å². The third-order valence-electron chi connectivity index (χ3n) is 6.41. The van der Waals surface area contributed by atoms with Crippen LogP contribution in [0.25, 0.3) is 16.7 Å². The maximum Gasteiger partial charge on any atom is 0.213 e. The minimum Gasteiger partial charge on any atom is -0.376 e. The lowest BCUT2D eigenvalue weighted by Crippen LogP contribution is -2.51. The predicted octanol–water partition coefficient (Wildman–Crippen LogP) is 1.95. The van der Waals surface area contributed by atoms with Crippen LogP contribution in [-0.2, 0) is 4.74 Å². The molecule has 8 heteroatoms. The molecule has 2 fully saturated rings. The summed E-state index contributed by atoms with van der Waals surface area (Å²) < 4.78 is 7.90. The molecule has 0 radical (unpaired) electrons. The summed E-state index contributed by atoms with van der Waals surface area (Å²) >= 11 is 0. The van der Waals surface area contributed by atoms with Crippen molar-refractivity contribution in [1.29, 1.82) is 0 Å². The van der Waals surface area contributed by atoms with Crippen LogP contribution < -0.4 is 10.6 Å². The second kappa shape index (κ2) is 6.71. The van der Waals surface area contributed by atoms with E-state index in [4.69, 9.17) is 15.5 Å². The summed E-state index contributed by atoms with van der Waals surface area (Å²) in [5, 5.41) is 8.32. The number of hydrogen-bond donors (Lipinski definition) is 2. The number of fused-ring (bicyclic) bond motifs is 3. The normalized spacial score (nSPS) is 24.0. The smallest absolute Gasteiger partial charge is 0.213 e. The van der Waals surface area contributed by atoms with Crippen molar-refractivity contribution in [3.63, 3.8) is 0 Å². The Hall–Kier alpha value is -2.63. The van der Waals surface area contributed by atoms with E-state index in [0.717, 1.165) is 55.2 Å². The summed E-state index contributed by atoms with van der Waals surface area (Å²) in [5.74, 6) is 7.50. The van der Waals surface area contributed by atoms with Crippen LogP contribution in [0.5, 0.6) is 0 Å². The van der Waals surface area contributed by atoms with Gasteiger partial charge in [-0.05, 0) is 25.7 Å². The quantitative estimate of drug-likeness (QED) is 0.613. The number of nitrogens with two attached hydrogens (primary N) is 1. The van der Waals surface area contributed by atoms with Crippen molar-refractivity contribution in [2.45, 2.75) is 45.8 Å². The largest absolute Gasteiger partial charge is 0.376 e. The Kier molecular flexibility index (Phi) is 4.26. The Morgan fingerprint density at radius 3 is 2.83 bits per heavy atom. The number of rotatable bonds is 1. The number of hydrogen-bond acceptors (Lipinski definition) is 6. The lowest BCUT2D eigenvalue weighted by Gasteiger charge is -2.41. The van der Waals surface area contributed by atoms with E-state index in [2.05, 4.69) is 52.7 Å². The number of piperidine rings is 1. The molecule has 2 saturated heterocycles. The Morgan fingerprint density at radius 1 is 1.34 bits per heavy atom. The standard InChI is InChI=1S/C21H27N7O/c1-13(2)4-5-15-16-18(26-25-15)24-20(28-11-8-23-19(16)28)27-9-6-21(7-10-27)12-29-14(3)17(21)22/h8,11,13-14,17H,6-7,9-10,12,22H2,1-3H3,(H,25,26)/t14-,17+/m0/s1. The Morgan fingerprint density at radius 2 is 2.14 bits per heavy atom. The van der Waals surface area contributed by atoms with Crippen LogP contribution in [0.3, 0.4) is 0 Å². The highest BCUT2D eigenvalue weighted by atomic mass is 16.5. The van der Waals surface area contributed by atoms with Gasteiger partial charge < -0.3 is 15.4 Å². The second-order valence-electron chi connectivity index (χ2n) is 8.64. The number of nitrogens with one attached hydrogen (secondary N) is 1. The van der Waals surface area contributed by atoms with Crippen LogP contribution in [-0.4, -0.2) is 56.4 Å². The van der Waals surface area contributed by atoms with E-state index in [-0.39, 0.29) is 23.5 Å². The topological polar surface area (TPSA) is 97.4 Å². The van der Waals surface area contributed by atoms with E-state index in [0.29, 0.717) is 5.69 Å². The highest BCUT2D eigenvalue weighted by Gasteiger charge is 2.47. The van der Waals surface area contributed by atoms with Gasteiger partial charge in [0.2, 0.25) is 5.95 Å². The van der Waals surface area contributed by atoms with Gasteiger partial charge in [-0.3, -0.25) is 9.50 Å². The van der Waals surface area contributed by atoms with Crippen LogP contribution in [0.2, 0.25) is 0 Å². The van der Waals surface area contributed by atoms with Crippen molar-refractivity contribution in [1.82, 2.24) is 24.6 Å². The summed E-state index contributed by atoms with van der Waals surface area (Å²) in [7, 11) is 0. The molecule has 0 amide bonds. The van der Waals surface area contributed by atoms with Gasteiger partial charge in [-0.25, -0.2) is 4.98 Å². The van der Waals surface area contributed by atoms with Crippen LogP contribution in [0, 0.1) is 23.2 Å². The molecule has 3 aromatic heterocycles. The van der Waals surface area contributed by atoms with Gasteiger partial charge in [-0.15, -0.1) is 0 Å². The molecule has 1 spiro atoms. The molecule has 0 aromatic carbocycles. The lowest BCUT2D eigenvalue weighted by molar-refractivity contribution is 0.0973. The minimum atomic E-state index is 0.0850. The third kappa shape index (κ3) is 2.88. The monoisotopic (exact) mass is 393 g/mol. The molecular formula is C21H27N7O. The van der Waals surface area contributed by atoms with Crippen molar-refractivity contribution < 1.29 is 4.74 Å². The second-order valence-corrected chi connectivity index (χ2v) is 8.64. The van der Waals surface area contributed by atoms with E-state index < -0.39 is 0 Å². The molecule has 3 aromatic rings. The zero-order valence-electron chi connectivity index (χ0n) is 17.1. The van der Waals surface area contributed by atoms with Crippen molar-refractivity contribution in [3.05, 3.63) is 18.1 Å². The van der Waals surface area contributed by atoms with E-state index in [1.54, 1.807) is 6.20 Å². The van der Waals surface area contributed by atoms with Gasteiger partial charge in [-0.2, -0.15) is 10.1 Å². The Bertz CT molecular complexity index is 1110. The molecule has 5 heterocycles.